The first kappa shape index (κ1) is 23.7. The number of fused-ring (bicyclic) bond motifs is 7. The molecule has 5 saturated carbocycles. The Bertz CT molecular complexity index is 765. The van der Waals surface area contributed by atoms with Gasteiger partial charge in [-0.25, -0.2) is 0 Å². The SMILES string of the molecule is CC(C)(O)[C@@H]1CC[C@]2(C)CC[C@]3(C)[C@H](CC[C@@H]4[C@@]5(C)CCC(O)C(C)(C)[C@@H]5CC[C@]43C)[C@@H]12. The maximum Gasteiger partial charge on any atom is 0.0622 e. The van der Waals surface area contributed by atoms with Crippen molar-refractivity contribution in [3.8, 4) is 0 Å². The summed E-state index contributed by atoms with van der Waals surface area (Å²) in [5.74, 6) is 3.29. The molecular weight excluding hydrogens is 392 g/mol. The van der Waals surface area contributed by atoms with E-state index in [0.29, 0.717) is 39.4 Å². The van der Waals surface area contributed by atoms with Crippen LogP contribution in [0.2, 0.25) is 0 Å². The summed E-state index contributed by atoms with van der Waals surface area (Å²) in [4.78, 5) is 0. The van der Waals surface area contributed by atoms with E-state index >= 15 is 0 Å². The monoisotopic (exact) mass is 444 g/mol. The van der Waals surface area contributed by atoms with E-state index in [2.05, 4.69) is 55.4 Å². The molecule has 2 heteroatoms. The highest BCUT2D eigenvalue weighted by Crippen LogP contribution is 2.77. The number of hydrogen-bond donors (Lipinski definition) is 2. The highest BCUT2D eigenvalue weighted by molar-refractivity contribution is 5.19. The van der Waals surface area contributed by atoms with E-state index in [1.807, 2.05) is 0 Å². The van der Waals surface area contributed by atoms with Crippen molar-refractivity contribution in [3.63, 3.8) is 0 Å². The van der Waals surface area contributed by atoms with E-state index in [1.54, 1.807) is 0 Å². The lowest BCUT2D eigenvalue weighted by Crippen LogP contribution is -2.66. The quantitative estimate of drug-likeness (QED) is 0.448. The fraction of sp³-hybridized carbons (Fsp3) is 1.00. The van der Waals surface area contributed by atoms with Gasteiger partial charge in [0.15, 0.2) is 0 Å². The highest BCUT2D eigenvalue weighted by Gasteiger charge is 2.70. The molecule has 2 N–H and O–H groups in total. The van der Waals surface area contributed by atoms with E-state index in [9.17, 15) is 10.2 Å². The summed E-state index contributed by atoms with van der Waals surface area (Å²) < 4.78 is 0. The Morgan fingerprint density at radius 2 is 1.38 bits per heavy atom. The normalized spacial score (nSPS) is 57.2. The maximum atomic E-state index is 11.2. The van der Waals surface area contributed by atoms with Crippen molar-refractivity contribution in [3.05, 3.63) is 0 Å². The molecule has 2 nitrogen and oxygen atoms in total. The predicted molar refractivity (Wildman–Crippen MR) is 132 cm³/mol. The molecule has 32 heavy (non-hydrogen) atoms. The second-order valence-corrected chi connectivity index (χ2v) is 15.5. The molecule has 0 saturated heterocycles. The summed E-state index contributed by atoms with van der Waals surface area (Å²) in [5.41, 5.74) is 1.02. The molecule has 5 fully saturated rings. The second-order valence-electron chi connectivity index (χ2n) is 15.5. The van der Waals surface area contributed by atoms with Gasteiger partial charge in [0, 0.05) is 0 Å². The molecule has 0 aromatic heterocycles. The van der Waals surface area contributed by atoms with Crippen LogP contribution in [0.1, 0.15) is 120 Å². The first-order chi connectivity index (χ1) is 14.6. The first-order valence-electron chi connectivity index (χ1n) is 14.0. The Morgan fingerprint density at radius 3 is 2.03 bits per heavy atom. The van der Waals surface area contributed by atoms with Crippen molar-refractivity contribution in [2.45, 2.75) is 131 Å². The van der Waals surface area contributed by atoms with Gasteiger partial charge in [-0.3, -0.25) is 0 Å². The predicted octanol–water partition coefficient (Wildman–Crippen LogP) is 7.22. The topological polar surface area (TPSA) is 40.5 Å². The average Bonchev–Trinajstić information content (AvgIpc) is 3.04. The second kappa shape index (κ2) is 6.77. The Labute approximate surface area is 198 Å². The molecule has 0 radical (unpaired) electrons. The maximum absolute atomic E-state index is 11.2. The van der Waals surface area contributed by atoms with Crippen LogP contribution in [-0.4, -0.2) is 21.9 Å². The lowest BCUT2D eigenvalue weighted by atomic mass is 9.32. The molecule has 0 spiro atoms. The summed E-state index contributed by atoms with van der Waals surface area (Å²) in [6.45, 7) is 19.5. The van der Waals surface area contributed by atoms with Crippen LogP contribution in [0, 0.1) is 56.7 Å². The molecule has 0 aromatic rings. The molecule has 5 aliphatic carbocycles. The fourth-order valence-electron chi connectivity index (χ4n) is 11.7. The van der Waals surface area contributed by atoms with Gasteiger partial charge in [-0.1, -0.05) is 41.5 Å². The number of rotatable bonds is 1. The van der Waals surface area contributed by atoms with Crippen LogP contribution in [0.5, 0.6) is 0 Å². The Hall–Kier alpha value is -0.0800. The van der Waals surface area contributed by atoms with E-state index in [0.717, 1.165) is 18.3 Å². The van der Waals surface area contributed by atoms with E-state index < -0.39 is 5.60 Å². The van der Waals surface area contributed by atoms with Gasteiger partial charge < -0.3 is 10.2 Å². The third kappa shape index (κ3) is 2.78. The molecular formula is C30H52O2. The van der Waals surface area contributed by atoms with Gasteiger partial charge in [0.2, 0.25) is 0 Å². The van der Waals surface area contributed by atoms with Gasteiger partial charge >= 0.3 is 0 Å². The first-order valence-corrected chi connectivity index (χ1v) is 14.0. The van der Waals surface area contributed by atoms with Gasteiger partial charge in [0.25, 0.3) is 0 Å². The summed E-state index contributed by atoms with van der Waals surface area (Å²) in [7, 11) is 0. The van der Waals surface area contributed by atoms with Crippen LogP contribution >= 0.6 is 0 Å². The summed E-state index contributed by atoms with van der Waals surface area (Å²) in [6.07, 6.45) is 12.6. The lowest BCUT2D eigenvalue weighted by molar-refractivity contribution is -0.250. The van der Waals surface area contributed by atoms with Gasteiger partial charge in [-0.15, -0.1) is 0 Å². The smallest absolute Gasteiger partial charge is 0.0622 e. The summed E-state index contributed by atoms with van der Waals surface area (Å²) >= 11 is 0. The third-order valence-electron chi connectivity index (χ3n) is 13.7. The van der Waals surface area contributed by atoms with Crippen molar-refractivity contribution in [1.82, 2.24) is 0 Å². The Balaban J connectivity index is 1.54. The van der Waals surface area contributed by atoms with Crippen LogP contribution in [0.4, 0.5) is 0 Å². The molecule has 0 aliphatic heterocycles. The van der Waals surface area contributed by atoms with Crippen molar-refractivity contribution < 1.29 is 10.2 Å². The zero-order valence-corrected chi connectivity index (χ0v) is 22.4. The largest absolute Gasteiger partial charge is 0.393 e. The minimum Gasteiger partial charge on any atom is -0.393 e. The minimum absolute atomic E-state index is 0.0364. The number of aliphatic hydroxyl groups is 2. The highest BCUT2D eigenvalue weighted by atomic mass is 16.3. The summed E-state index contributed by atoms with van der Waals surface area (Å²) in [6, 6.07) is 0. The lowest BCUT2D eigenvalue weighted by Gasteiger charge is -2.73. The number of hydrogen-bond acceptors (Lipinski definition) is 2. The molecule has 0 aromatic carbocycles. The molecule has 0 amide bonds. The van der Waals surface area contributed by atoms with Gasteiger partial charge in [-0.05, 0) is 135 Å². The van der Waals surface area contributed by atoms with Crippen molar-refractivity contribution in [2.24, 2.45) is 56.7 Å². The van der Waals surface area contributed by atoms with Gasteiger partial charge in [0.1, 0.15) is 0 Å². The molecule has 0 heterocycles. The molecule has 1 unspecified atom stereocenters. The Morgan fingerprint density at radius 1 is 0.688 bits per heavy atom. The van der Waals surface area contributed by atoms with Crippen molar-refractivity contribution in [1.29, 1.82) is 0 Å². The third-order valence-corrected chi connectivity index (χ3v) is 13.7. The fourth-order valence-corrected chi connectivity index (χ4v) is 11.7. The minimum atomic E-state index is -0.564. The Kier molecular flexibility index (Phi) is 5.01. The van der Waals surface area contributed by atoms with E-state index in [4.69, 9.17) is 0 Å². The standard InChI is InChI=1S/C30H52O2/c1-25(2)21-12-16-30(8)22(28(21,6)15-13-23(25)31)10-9-20-24-19(26(3,4)32)11-14-27(24,5)17-18-29(20,30)7/h19-24,31-32H,9-18H2,1-8H3/t19-,20-,21+,22-,23?,24-,27-,28+,29-,30-/m1/s1. The van der Waals surface area contributed by atoms with Crippen molar-refractivity contribution in [2.75, 3.05) is 0 Å². The zero-order valence-electron chi connectivity index (χ0n) is 22.4. The zero-order chi connectivity index (χ0) is 23.5. The average molecular weight is 445 g/mol. The molecule has 5 aliphatic rings. The van der Waals surface area contributed by atoms with E-state index in [1.165, 1.54) is 57.8 Å². The van der Waals surface area contributed by atoms with Crippen LogP contribution < -0.4 is 0 Å². The molecule has 5 rings (SSSR count). The van der Waals surface area contributed by atoms with E-state index in [-0.39, 0.29) is 11.5 Å². The molecule has 184 valence electrons. The van der Waals surface area contributed by atoms with Crippen LogP contribution in [-0.2, 0) is 0 Å². The molecule has 0 bridgehead atoms. The van der Waals surface area contributed by atoms with Gasteiger partial charge in [0.05, 0.1) is 11.7 Å². The summed E-state index contributed by atoms with van der Waals surface area (Å²) in [5, 5.41) is 22.1. The van der Waals surface area contributed by atoms with Crippen LogP contribution in [0.25, 0.3) is 0 Å². The number of aliphatic hydroxyl groups excluding tert-OH is 1. The van der Waals surface area contributed by atoms with Gasteiger partial charge in [-0.2, -0.15) is 0 Å². The molecule has 10 atom stereocenters. The van der Waals surface area contributed by atoms with Crippen molar-refractivity contribution >= 4 is 0 Å². The van der Waals surface area contributed by atoms with Crippen LogP contribution in [0.3, 0.4) is 0 Å². The van der Waals surface area contributed by atoms with Crippen LogP contribution in [0.15, 0.2) is 0 Å².